The van der Waals surface area contributed by atoms with Gasteiger partial charge in [0.1, 0.15) is 5.82 Å². The van der Waals surface area contributed by atoms with Crippen LogP contribution in [-0.4, -0.2) is 153 Å². The van der Waals surface area contributed by atoms with Crippen LogP contribution in [0.5, 0.6) is 0 Å². The van der Waals surface area contributed by atoms with E-state index in [1.807, 2.05) is 43.6 Å². The average Bonchev–Trinajstić information content (AvgIpc) is 3.70. The molecule has 4 fully saturated rings. The summed E-state index contributed by atoms with van der Waals surface area (Å²) in [5.74, 6) is 1.94. The number of carbonyl (C=O) groups is 2. The molecule has 3 saturated heterocycles. The monoisotopic (exact) mass is 921 g/mol. The molecular weight excluding hydrogens is 853 g/mol. The van der Waals surface area contributed by atoms with Gasteiger partial charge in [0, 0.05) is 132 Å². The van der Waals surface area contributed by atoms with Crippen molar-refractivity contribution in [3.8, 4) is 22.4 Å². The number of piperazine rings is 2. The molecule has 16 nitrogen and oxygen atoms in total. The summed E-state index contributed by atoms with van der Waals surface area (Å²) in [7, 11) is 0. The standard InChI is InChI=1S/C52H68N14O2/c1-37(2)64-21-15-42(34-64)39-7-9-40(10-8-39)43-30-48-46(13-17-58-65(48)35-43)61-24-28-63(29-25-61)52(68)55-16-5-4-6-38(3)53-19-20-54-50-33-56-45(32-57-50)44-31-49-47(14-18-59-66(49)36-44)60-22-26-62(27-23-60)51(67)41-11-12-41/h7-10,13-14,17-18,30-33,35-38,41-42,53H,4-6,11-12,15-16,19-29,34H2,1-3H3,(H,54,57)(H,55,68)/t38?,42-/m1/s1. The zero-order chi connectivity index (χ0) is 46.6. The molecule has 16 heteroatoms. The molecule has 0 bridgehead atoms. The molecule has 5 aromatic heterocycles. The molecule has 1 aromatic carbocycles. The van der Waals surface area contributed by atoms with Gasteiger partial charge in [0.2, 0.25) is 5.91 Å². The van der Waals surface area contributed by atoms with Crippen molar-refractivity contribution in [1.82, 2.24) is 54.5 Å². The molecule has 4 aliphatic rings. The summed E-state index contributed by atoms with van der Waals surface area (Å²) in [5, 5.41) is 19.4. The van der Waals surface area contributed by atoms with Crippen LogP contribution in [0.3, 0.4) is 0 Å². The lowest BCUT2D eigenvalue weighted by Crippen LogP contribution is -2.52. The molecule has 3 amide bonds. The number of hydrogen-bond acceptors (Lipinski definition) is 11. The fourth-order valence-corrected chi connectivity index (χ4v) is 10.3. The fourth-order valence-electron chi connectivity index (χ4n) is 10.3. The van der Waals surface area contributed by atoms with Gasteiger partial charge in [0.25, 0.3) is 0 Å². The van der Waals surface area contributed by atoms with E-state index in [0.29, 0.717) is 43.5 Å². The molecule has 1 saturated carbocycles. The van der Waals surface area contributed by atoms with Gasteiger partial charge in [-0.25, -0.2) is 18.8 Å². The molecule has 0 spiro atoms. The number of anilines is 3. The van der Waals surface area contributed by atoms with Crippen LogP contribution in [0.1, 0.15) is 70.8 Å². The van der Waals surface area contributed by atoms with Gasteiger partial charge in [-0.1, -0.05) is 30.7 Å². The highest BCUT2D eigenvalue weighted by molar-refractivity contribution is 5.83. The van der Waals surface area contributed by atoms with E-state index in [1.165, 1.54) is 29.7 Å². The predicted octanol–water partition coefficient (Wildman–Crippen LogP) is 6.45. The maximum atomic E-state index is 13.1. The Morgan fingerprint density at radius 2 is 1.34 bits per heavy atom. The van der Waals surface area contributed by atoms with Crippen LogP contribution in [0, 0.1) is 5.92 Å². The normalized spacial score (nSPS) is 18.6. The molecule has 2 atom stereocenters. The number of aromatic nitrogens is 6. The third-order valence-corrected chi connectivity index (χ3v) is 14.6. The molecule has 68 heavy (non-hydrogen) atoms. The summed E-state index contributed by atoms with van der Waals surface area (Å²) >= 11 is 0. The second-order valence-corrected chi connectivity index (χ2v) is 19.6. The van der Waals surface area contributed by atoms with E-state index < -0.39 is 0 Å². The summed E-state index contributed by atoms with van der Waals surface area (Å²) in [5.41, 5.74) is 9.95. The first kappa shape index (κ1) is 45.5. The summed E-state index contributed by atoms with van der Waals surface area (Å²) in [6, 6.07) is 18.7. The Hall–Kier alpha value is -6.26. The molecule has 10 rings (SSSR count). The van der Waals surface area contributed by atoms with E-state index in [0.717, 1.165) is 130 Å². The van der Waals surface area contributed by atoms with Crippen molar-refractivity contribution >= 4 is 40.2 Å². The number of urea groups is 1. The SMILES string of the molecule is CC(CCCCNC(=O)N1CCN(c2ccnn3cc(-c4ccc([C@@H]5CCN(C(C)C)C5)cc4)cc23)CC1)NCCNc1cnc(-c2cc3c(N4CCN(C(=O)C5CC5)CC4)ccnn3c2)cn1. The van der Waals surface area contributed by atoms with E-state index >= 15 is 0 Å². The van der Waals surface area contributed by atoms with E-state index in [1.54, 1.807) is 6.20 Å². The van der Waals surface area contributed by atoms with Crippen molar-refractivity contribution in [3.05, 3.63) is 91.3 Å². The number of amides is 3. The molecule has 358 valence electrons. The van der Waals surface area contributed by atoms with Crippen molar-refractivity contribution in [2.24, 2.45) is 5.92 Å². The Kier molecular flexibility index (Phi) is 13.7. The highest BCUT2D eigenvalue weighted by atomic mass is 16.2. The molecular formula is C52H68N14O2. The van der Waals surface area contributed by atoms with Gasteiger partial charge in [-0.2, -0.15) is 10.2 Å². The van der Waals surface area contributed by atoms with Crippen LogP contribution in [-0.2, 0) is 4.79 Å². The van der Waals surface area contributed by atoms with Gasteiger partial charge in [-0.3, -0.25) is 9.78 Å². The number of unbranched alkanes of at least 4 members (excludes halogenated alkanes) is 1. The largest absolute Gasteiger partial charge is 0.368 e. The molecule has 3 aliphatic heterocycles. The number of nitrogens with one attached hydrogen (secondary N) is 3. The summed E-state index contributed by atoms with van der Waals surface area (Å²) < 4.78 is 3.89. The third kappa shape index (κ3) is 10.4. The molecule has 1 unspecified atom stereocenters. The Balaban J connectivity index is 0.606. The van der Waals surface area contributed by atoms with E-state index in [2.05, 4.69) is 121 Å². The Morgan fingerprint density at radius 1 is 0.676 bits per heavy atom. The van der Waals surface area contributed by atoms with Gasteiger partial charge in [-0.05, 0) is 101 Å². The van der Waals surface area contributed by atoms with Crippen LogP contribution in [0.15, 0.2) is 85.7 Å². The highest BCUT2D eigenvalue weighted by Crippen LogP contribution is 2.34. The topological polar surface area (TPSA) is 147 Å². The quantitative estimate of drug-likeness (QED) is 0.0868. The maximum absolute atomic E-state index is 13.1. The predicted molar refractivity (Wildman–Crippen MR) is 269 cm³/mol. The van der Waals surface area contributed by atoms with Crippen LogP contribution in [0.25, 0.3) is 33.4 Å². The first-order valence-electron chi connectivity index (χ1n) is 25.1. The zero-order valence-electron chi connectivity index (χ0n) is 40.1. The van der Waals surface area contributed by atoms with Gasteiger partial charge in [0.15, 0.2) is 0 Å². The summed E-state index contributed by atoms with van der Waals surface area (Å²) in [6.07, 6.45) is 17.8. The lowest BCUT2D eigenvalue weighted by Gasteiger charge is -2.36. The summed E-state index contributed by atoms with van der Waals surface area (Å²) in [4.78, 5) is 46.3. The van der Waals surface area contributed by atoms with Crippen molar-refractivity contribution in [2.75, 3.05) is 100 Å². The first-order valence-corrected chi connectivity index (χ1v) is 25.1. The molecule has 3 N–H and O–H groups in total. The first-order chi connectivity index (χ1) is 33.2. The Morgan fingerprint density at radius 3 is 1.97 bits per heavy atom. The number of rotatable bonds is 17. The third-order valence-electron chi connectivity index (χ3n) is 14.6. The second-order valence-electron chi connectivity index (χ2n) is 19.6. The Labute approximate surface area is 400 Å². The molecule has 6 aromatic rings. The van der Waals surface area contributed by atoms with Crippen molar-refractivity contribution in [2.45, 2.75) is 77.3 Å². The highest BCUT2D eigenvalue weighted by Gasteiger charge is 2.35. The molecule has 1 aliphatic carbocycles. The minimum atomic E-state index is 0.0257. The average molecular weight is 921 g/mol. The van der Waals surface area contributed by atoms with E-state index in [-0.39, 0.29) is 11.9 Å². The number of benzene rings is 1. The van der Waals surface area contributed by atoms with E-state index in [9.17, 15) is 9.59 Å². The minimum Gasteiger partial charge on any atom is -0.368 e. The minimum absolute atomic E-state index is 0.0257. The van der Waals surface area contributed by atoms with Crippen LogP contribution < -0.4 is 25.8 Å². The smallest absolute Gasteiger partial charge is 0.317 e. The lowest BCUT2D eigenvalue weighted by molar-refractivity contribution is -0.132. The fraction of sp³-hybridized carbons (Fsp3) is 0.500. The zero-order valence-corrected chi connectivity index (χ0v) is 40.1. The molecule has 0 radical (unpaired) electrons. The number of likely N-dealkylation sites (tertiary alicyclic amines) is 1. The van der Waals surface area contributed by atoms with Crippen molar-refractivity contribution < 1.29 is 9.59 Å². The lowest BCUT2D eigenvalue weighted by atomic mass is 9.96. The van der Waals surface area contributed by atoms with Gasteiger partial charge < -0.3 is 40.4 Å². The van der Waals surface area contributed by atoms with Crippen molar-refractivity contribution in [1.29, 1.82) is 0 Å². The van der Waals surface area contributed by atoms with Crippen molar-refractivity contribution in [3.63, 3.8) is 0 Å². The van der Waals surface area contributed by atoms with Crippen LogP contribution in [0.2, 0.25) is 0 Å². The Bertz CT molecular complexity index is 2640. The second kappa shape index (κ2) is 20.5. The van der Waals surface area contributed by atoms with Gasteiger partial charge in [0.05, 0.1) is 40.5 Å². The van der Waals surface area contributed by atoms with Crippen LogP contribution in [0.4, 0.5) is 22.0 Å². The number of nitrogens with zero attached hydrogens (tertiary/aromatic N) is 11. The summed E-state index contributed by atoms with van der Waals surface area (Å²) in [6.45, 7) is 17.4. The number of fused-ring (bicyclic) bond motifs is 2. The van der Waals surface area contributed by atoms with Gasteiger partial charge in [-0.15, -0.1) is 0 Å². The van der Waals surface area contributed by atoms with Gasteiger partial charge >= 0.3 is 6.03 Å². The van der Waals surface area contributed by atoms with E-state index in [4.69, 9.17) is 4.98 Å². The van der Waals surface area contributed by atoms with Crippen LogP contribution >= 0.6 is 0 Å². The number of carbonyl (C=O) groups excluding carboxylic acids is 2. The number of hydrogen-bond donors (Lipinski definition) is 3. The maximum Gasteiger partial charge on any atom is 0.317 e. The molecule has 8 heterocycles.